The van der Waals surface area contributed by atoms with Crippen molar-refractivity contribution in [1.82, 2.24) is 15.0 Å². The number of benzene rings is 1. The molecule has 1 aliphatic rings. The number of aryl methyl sites for hydroxylation is 2. The van der Waals surface area contributed by atoms with Crippen molar-refractivity contribution in [2.45, 2.75) is 39.3 Å². The van der Waals surface area contributed by atoms with Gasteiger partial charge >= 0.3 is 0 Å². The van der Waals surface area contributed by atoms with Gasteiger partial charge in [0.2, 0.25) is 0 Å². The van der Waals surface area contributed by atoms with Gasteiger partial charge in [-0.05, 0) is 31.9 Å². The van der Waals surface area contributed by atoms with Crippen LogP contribution < -0.4 is 4.74 Å². The summed E-state index contributed by atoms with van der Waals surface area (Å²) in [5.41, 5.74) is 1.08. The molecule has 7 nitrogen and oxygen atoms in total. The second-order valence-corrected chi connectivity index (χ2v) is 6.04. The molecule has 0 bridgehead atoms. The fraction of sp³-hybridized carbons (Fsp3) is 0.500. The number of hydrogen-bond acceptors (Lipinski definition) is 6. The number of hydrogen-bond donors (Lipinski definition) is 0. The third kappa shape index (κ3) is 3.82. The van der Waals surface area contributed by atoms with Crippen LogP contribution in [0.2, 0.25) is 0 Å². The Bertz CT molecular complexity index is 731. The largest absolute Gasteiger partial charge is 0.483 e. The van der Waals surface area contributed by atoms with Crippen molar-refractivity contribution in [2.75, 3.05) is 19.8 Å². The molecule has 0 saturated carbocycles. The van der Waals surface area contributed by atoms with E-state index >= 15 is 0 Å². The van der Waals surface area contributed by atoms with Crippen molar-refractivity contribution < 1.29 is 18.8 Å². The van der Waals surface area contributed by atoms with Crippen molar-refractivity contribution in [3.05, 3.63) is 41.5 Å². The van der Waals surface area contributed by atoms with Crippen LogP contribution in [0, 0.1) is 6.92 Å². The van der Waals surface area contributed by atoms with Gasteiger partial charge < -0.3 is 18.9 Å². The average molecular weight is 345 g/mol. The van der Waals surface area contributed by atoms with E-state index in [9.17, 15) is 4.79 Å². The Morgan fingerprint density at radius 2 is 2.20 bits per heavy atom. The molecule has 1 amide bonds. The minimum absolute atomic E-state index is 0.0344. The number of amides is 1. The Morgan fingerprint density at radius 1 is 1.40 bits per heavy atom. The lowest BCUT2D eigenvalue weighted by Gasteiger charge is -2.37. The predicted molar refractivity (Wildman–Crippen MR) is 90.2 cm³/mol. The summed E-state index contributed by atoms with van der Waals surface area (Å²) in [6.45, 7) is 6.61. The normalized spacial score (nSPS) is 20.5. The minimum Gasteiger partial charge on any atom is -0.483 e. The van der Waals surface area contributed by atoms with Gasteiger partial charge in [-0.25, -0.2) is 0 Å². The van der Waals surface area contributed by atoms with Crippen molar-refractivity contribution in [3.63, 3.8) is 0 Å². The highest BCUT2D eigenvalue weighted by atomic mass is 16.5. The molecule has 1 aromatic carbocycles. The first-order valence-corrected chi connectivity index (χ1v) is 8.52. The fourth-order valence-electron chi connectivity index (χ4n) is 3.03. The van der Waals surface area contributed by atoms with Crippen LogP contribution in [0.1, 0.15) is 37.2 Å². The van der Waals surface area contributed by atoms with Crippen molar-refractivity contribution in [2.24, 2.45) is 0 Å². The molecule has 3 rings (SSSR count). The Labute approximate surface area is 146 Å². The van der Waals surface area contributed by atoms with E-state index in [0.29, 0.717) is 24.9 Å². The average Bonchev–Trinajstić information content (AvgIpc) is 3.05. The van der Waals surface area contributed by atoms with Crippen LogP contribution in [-0.4, -0.2) is 46.8 Å². The van der Waals surface area contributed by atoms with Crippen molar-refractivity contribution in [1.29, 1.82) is 0 Å². The van der Waals surface area contributed by atoms with E-state index in [0.717, 1.165) is 17.7 Å². The Balaban J connectivity index is 1.72. The maximum Gasteiger partial charge on any atom is 0.261 e. The maximum atomic E-state index is 12.8. The molecule has 0 radical (unpaired) electrons. The lowest BCUT2D eigenvalue weighted by molar-refractivity contribution is -0.149. The number of para-hydroxylation sites is 1. The van der Waals surface area contributed by atoms with E-state index < -0.39 is 6.04 Å². The Hall–Kier alpha value is -2.41. The van der Waals surface area contributed by atoms with Crippen LogP contribution in [0.5, 0.6) is 5.75 Å². The topological polar surface area (TPSA) is 77.7 Å². The van der Waals surface area contributed by atoms with Crippen LogP contribution in [0.4, 0.5) is 0 Å². The maximum absolute atomic E-state index is 12.8. The van der Waals surface area contributed by atoms with Crippen LogP contribution in [0.25, 0.3) is 0 Å². The lowest BCUT2D eigenvalue weighted by atomic mass is 10.1. The SMILES string of the molecule is CCc1ccccc1OCC(=O)N1CCO[C@H](C)[C@H]1c1nc(C)no1. The summed E-state index contributed by atoms with van der Waals surface area (Å²) in [6, 6.07) is 7.35. The highest BCUT2D eigenvalue weighted by Gasteiger charge is 2.37. The van der Waals surface area contributed by atoms with Gasteiger partial charge in [0.15, 0.2) is 12.4 Å². The van der Waals surface area contributed by atoms with Gasteiger partial charge in [0.25, 0.3) is 11.8 Å². The lowest BCUT2D eigenvalue weighted by Crippen LogP contribution is -2.48. The molecule has 7 heteroatoms. The number of ether oxygens (including phenoxy) is 2. The van der Waals surface area contributed by atoms with E-state index in [4.69, 9.17) is 14.0 Å². The standard InChI is InChI=1S/C18H23N3O4/c1-4-14-7-5-6-8-15(14)24-11-16(22)21-9-10-23-12(2)17(21)18-19-13(3)20-25-18/h5-8,12,17H,4,9-11H2,1-3H3/t12-,17+/m1/s1. The molecule has 2 heterocycles. The summed E-state index contributed by atoms with van der Waals surface area (Å²) < 4.78 is 16.7. The molecule has 0 unspecified atom stereocenters. The molecular weight excluding hydrogens is 322 g/mol. The second-order valence-electron chi connectivity index (χ2n) is 6.04. The van der Waals surface area contributed by atoms with E-state index in [2.05, 4.69) is 17.1 Å². The third-order valence-corrected chi connectivity index (χ3v) is 4.31. The van der Waals surface area contributed by atoms with Crippen LogP contribution in [-0.2, 0) is 16.0 Å². The monoisotopic (exact) mass is 345 g/mol. The number of carbonyl (C=O) groups excluding carboxylic acids is 1. The molecule has 1 aliphatic heterocycles. The summed E-state index contributed by atoms with van der Waals surface area (Å²) in [5.74, 6) is 1.55. The molecule has 134 valence electrons. The van der Waals surface area contributed by atoms with Gasteiger partial charge in [-0.1, -0.05) is 30.3 Å². The molecular formula is C18H23N3O4. The zero-order chi connectivity index (χ0) is 17.8. The van der Waals surface area contributed by atoms with Gasteiger partial charge in [-0.15, -0.1) is 0 Å². The molecule has 1 saturated heterocycles. The van der Waals surface area contributed by atoms with Crippen molar-refractivity contribution in [3.8, 4) is 5.75 Å². The van der Waals surface area contributed by atoms with E-state index in [1.807, 2.05) is 31.2 Å². The summed E-state index contributed by atoms with van der Waals surface area (Å²) in [7, 11) is 0. The van der Waals surface area contributed by atoms with Crippen molar-refractivity contribution >= 4 is 5.91 Å². The van der Waals surface area contributed by atoms with E-state index in [-0.39, 0.29) is 18.6 Å². The van der Waals surface area contributed by atoms with Crippen LogP contribution >= 0.6 is 0 Å². The smallest absolute Gasteiger partial charge is 0.261 e. The molecule has 1 fully saturated rings. The number of carbonyl (C=O) groups is 1. The molecule has 1 aromatic heterocycles. The molecule has 0 spiro atoms. The van der Waals surface area contributed by atoms with Crippen LogP contribution in [0.15, 0.2) is 28.8 Å². The zero-order valence-corrected chi connectivity index (χ0v) is 14.8. The van der Waals surface area contributed by atoms with Gasteiger partial charge in [0.1, 0.15) is 11.8 Å². The zero-order valence-electron chi connectivity index (χ0n) is 14.8. The first-order valence-electron chi connectivity index (χ1n) is 8.52. The summed E-state index contributed by atoms with van der Waals surface area (Å²) in [4.78, 5) is 18.7. The molecule has 0 aliphatic carbocycles. The first-order chi connectivity index (χ1) is 12.1. The summed E-state index contributed by atoms with van der Waals surface area (Å²) in [5, 5.41) is 3.83. The highest BCUT2D eigenvalue weighted by Crippen LogP contribution is 2.28. The van der Waals surface area contributed by atoms with Gasteiger partial charge in [-0.2, -0.15) is 4.98 Å². The molecule has 2 atom stereocenters. The number of rotatable bonds is 5. The molecule has 0 N–H and O–H groups in total. The summed E-state index contributed by atoms with van der Waals surface area (Å²) >= 11 is 0. The Kier molecular flexibility index (Phi) is 5.33. The van der Waals surface area contributed by atoms with Gasteiger partial charge in [0.05, 0.1) is 12.7 Å². The Morgan fingerprint density at radius 3 is 2.92 bits per heavy atom. The molecule has 25 heavy (non-hydrogen) atoms. The third-order valence-electron chi connectivity index (χ3n) is 4.31. The predicted octanol–water partition coefficient (Wildman–Crippen LogP) is 2.31. The number of morpholine rings is 1. The van der Waals surface area contributed by atoms with Crippen LogP contribution in [0.3, 0.4) is 0 Å². The number of nitrogens with zero attached hydrogens (tertiary/aromatic N) is 3. The van der Waals surface area contributed by atoms with Gasteiger partial charge in [-0.3, -0.25) is 4.79 Å². The number of aromatic nitrogens is 2. The minimum atomic E-state index is -0.396. The van der Waals surface area contributed by atoms with Gasteiger partial charge in [0, 0.05) is 6.54 Å². The summed E-state index contributed by atoms with van der Waals surface area (Å²) in [6.07, 6.45) is 0.628. The fourth-order valence-corrected chi connectivity index (χ4v) is 3.03. The second kappa shape index (κ2) is 7.65. The van der Waals surface area contributed by atoms with E-state index in [1.165, 1.54) is 0 Å². The quantitative estimate of drug-likeness (QED) is 0.827. The van der Waals surface area contributed by atoms with E-state index in [1.54, 1.807) is 11.8 Å². The molecule has 2 aromatic rings. The highest BCUT2D eigenvalue weighted by molar-refractivity contribution is 5.78. The first kappa shape index (κ1) is 17.4.